The first-order valence-electron chi connectivity index (χ1n) is 10.3. The molecular formula is C21H34N4O4. The van der Waals surface area contributed by atoms with Crippen molar-refractivity contribution >= 4 is 12.1 Å². The third kappa shape index (κ3) is 7.03. The molecule has 1 aromatic rings. The minimum atomic E-state index is -0.221. The van der Waals surface area contributed by atoms with Crippen LogP contribution in [0.25, 0.3) is 0 Å². The van der Waals surface area contributed by atoms with Gasteiger partial charge in [0, 0.05) is 32.2 Å². The van der Waals surface area contributed by atoms with Crippen LogP contribution >= 0.6 is 0 Å². The highest BCUT2D eigenvalue weighted by Crippen LogP contribution is 2.27. The van der Waals surface area contributed by atoms with Crippen molar-refractivity contribution in [3.05, 3.63) is 23.8 Å². The number of guanidine groups is 1. The lowest BCUT2D eigenvalue weighted by molar-refractivity contribution is 0.0963. The number of methoxy groups -OCH3 is 2. The molecular weight excluding hydrogens is 372 g/mol. The third-order valence-corrected chi connectivity index (χ3v) is 4.82. The van der Waals surface area contributed by atoms with E-state index in [0.29, 0.717) is 32.3 Å². The van der Waals surface area contributed by atoms with E-state index in [1.54, 1.807) is 19.1 Å². The lowest BCUT2D eigenvalue weighted by atomic mass is 10.1. The van der Waals surface area contributed by atoms with Crippen molar-refractivity contribution < 1.29 is 19.0 Å². The lowest BCUT2D eigenvalue weighted by Gasteiger charge is -2.32. The number of hydrogen-bond acceptors (Lipinski definition) is 5. The number of hydrogen-bond donors (Lipinski definition) is 2. The number of benzene rings is 1. The van der Waals surface area contributed by atoms with Gasteiger partial charge in [-0.2, -0.15) is 0 Å². The first kappa shape index (κ1) is 22.6. The van der Waals surface area contributed by atoms with Crippen LogP contribution in [0.15, 0.2) is 23.2 Å². The van der Waals surface area contributed by atoms with Crippen molar-refractivity contribution in [2.24, 2.45) is 4.99 Å². The first-order valence-corrected chi connectivity index (χ1v) is 10.3. The highest BCUT2D eigenvalue weighted by molar-refractivity contribution is 5.80. The van der Waals surface area contributed by atoms with E-state index in [4.69, 9.17) is 19.2 Å². The summed E-state index contributed by atoms with van der Waals surface area (Å²) in [5.41, 5.74) is 1.14. The summed E-state index contributed by atoms with van der Waals surface area (Å²) >= 11 is 0. The van der Waals surface area contributed by atoms with Crippen molar-refractivity contribution in [3.8, 4) is 11.5 Å². The van der Waals surface area contributed by atoms with Crippen LogP contribution in [0.5, 0.6) is 11.5 Å². The van der Waals surface area contributed by atoms with E-state index >= 15 is 0 Å². The average Bonchev–Trinajstić information content (AvgIpc) is 2.74. The van der Waals surface area contributed by atoms with Gasteiger partial charge >= 0.3 is 6.09 Å². The van der Waals surface area contributed by atoms with E-state index < -0.39 is 0 Å². The molecule has 0 bridgehead atoms. The number of carbonyl (C=O) groups excluding carboxylic acids is 1. The topological polar surface area (TPSA) is 84.4 Å². The summed E-state index contributed by atoms with van der Waals surface area (Å²) in [5.74, 6) is 2.26. The van der Waals surface area contributed by atoms with Crippen LogP contribution in [-0.4, -0.2) is 70.0 Å². The predicted molar refractivity (Wildman–Crippen MR) is 114 cm³/mol. The first-order chi connectivity index (χ1) is 14.1. The van der Waals surface area contributed by atoms with E-state index in [0.717, 1.165) is 48.8 Å². The zero-order chi connectivity index (χ0) is 21.1. The Kier molecular flexibility index (Phi) is 9.40. The Bertz CT molecular complexity index is 673. The van der Waals surface area contributed by atoms with Crippen LogP contribution in [0.4, 0.5) is 4.79 Å². The van der Waals surface area contributed by atoms with Crippen molar-refractivity contribution in [2.75, 3.05) is 47.0 Å². The molecule has 8 nitrogen and oxygen atoms in total. The van der Waals surface area contributed by atoms with Crippen molar-refractivity contribution in [3.63, 3.8) is 0 Å². The Hall–Kier alpha value is -2.64. The van der Waals surface area contributed by atoms with Crippen LogP contribution in [0.1, 0.15) is 32.3 Å². The van der Waals surface area contributed by atoms with Gasteiger partial charge in [-0.15, -0.1) is 0 Å². The largest absolute Gasteiger partial charge is 0.493 e. The molecule has 1 aliphatic heterocycles. The predicted octanol–water partition coefficient (Wildman–Crippen LogP) is 2.42. The smallest absolute Gasteiger partial charge is 0.409 e. The van der Waals surface area contributed by atoms with Gasteiger partial charge in [0.15, 0.2) is 17.5 Å². The standard InChI is InChI=1S/C21H34N4O4/c1-5-22-20(24-17-10-13-25(14-11-17)21(26)29-6-2)23-12-9-16-7-8-18(27-3)19(15-16)28-4/h7-8,15,17H,5-6,9-14H2,1-4H3,(H2,22,23,24). The zero-order valence-electron chi connectivity index (χ0n) is 18.0. The summed E-state index contributed by atoms with van der Waals surface area (Å²) in [7, 11) is 3.27. The van der Waals surface area contributed by atoms with Crippen molar-refractivity contribution in [1.29, 1.82) is 0 Å². The second-order valence-electron chi connectivity index (χ2n) is 6.80. The fourth-order valence-electron chi connectivity index (χ4n) is 3.27. The van der Waals surface area contributed by atoms with Gasteiger partial charge in [0.2, 0.25) is 0 Å². The molecule has 1 heterocycles. The number of ether oxygens (including phenoxy) is 3. The number of nitrogens with zero attached hydrogens (tertiary/aromatic N) is 2. The second kappa shape index (κ2) is 12.0. The van der Waals surface area contributed by atoms with E-state index in [2.05, 4.69) is 17.6 Å². The van der Waals surface area contributed by atoms with Gasteiger partial charge in [-0.1, -0.05) is 6.07 Å². The van der Waals surface area contributed by atoms with Gasteiger partial charge in [-0.05, 0) is 50.8 Å². The van der Waals surface area contributed by atoms with Crippen LogP contribution in [0.2, 0.25) is 0 Å². The second-order valence-corrected chi connectivity index (χ2v) is 6.80. The lowest BCUT2D eigenvalue weighted by Crippen LogP contribution is -2.50. The number of carbonyl (C=O) groups is 1. The van der Waals surface area contributed by atoms with Crippen LogP contribution in [-0.2, 0) is 11.2 Å². The summed E-state index contributed by atoms with van der Waals surface area (Å²) < 4.78 is 15.7. The van der Waals surface area contributed by atoms with Gasteiger partial charge in [-0.25, -0.2) is 4.79 Å². The Morgan fingerprint density at radius 2 is 1.90 bits per heavy atom. The number of rotatable bonds is 8. The number of nitrogens with one attached hydrogen (secondary N) is 2. The maximum atomic E-state index is 11.8. The van der Waals surface area contributed by atoms with E-state index in [-0.39, 0.29) is 6.09 Å². The Morgan fingerprint density at radius 3 is 2.52 bits per heavy atom. The molecule has 29 heavy (non-hydrogen) atoms. The Morgan fingerprint density at radius 1 is 1.17 bits per heavy atom. The summed E-state index contributed by atoms with van der Waals surface area (Å²) in [6, 6.07) is 6.22. The van der Waals surface area contributed by atoms with Crippen LogP contribution < -0.4 is 20.1 Å². The van der Waals surface area contributed by atoms with Gasteiger partial charge in [0.25, 0.3) is 0 Å². The molecule has 1 saturated heterocycles. The molecule has 1 amide bonds. The number of amides is 1. The Labute approximate surface area is 173 Å². The number of piperidine rings is 1. The molecule has 1 aromatic carbocycles. The summed E-state index contributed by atoms with van der Waals surface area (Å²) in [5, 5.41) is 6.79. The van der Waals surface area contributed by atoms with E-state index in [1.165, 1.54) is 0 Å². The van der Waals surface area contributed by atoms with Crippen molar-refractivity contribution in [2.45, 2.75) is 39.2 Å². The maximum Gasteiger partial charge on any atom is 0.409 e. The molecule has 0 unspecified atom stereocenters. The van der Waals surface area contributed by atoms with E-state index in [9.17, 15) is 4.79 Å². The fourth-order valence-corrected chi connectivity index (χ4v) is 3.27. The number of likely N-dealkylation sites (tertiary alicyclic amines) is 1. The maximum absolute atomic E-state index is 11.8. The monoisotopic (exact) mass is 406 g/mol. The molecule has 2 N–H and O–H groups in total. The quantitative estimate of drug-likeness (QED) is 0.510. The van der Waals surface area contributed by atoms with E-state index in [1.807, 2.05) is 25.1 Å². The minimum absolute atomic E-state index is 0.221. The molecule has 0 atom stereocenters. The molecule has 1 fully saturated rings. The molecule has 0 radical (unpaired) electrons. The average molecular weight is 407 g/mol. The summed E-state index contributed by atoms with van der Waals surface area (Å²) in [6.07, 6.45) is 2.33. The molecule has 0 aliphatic carbocycles. The molecule has 1 aliphatic rings. The SMILES string of the molecule is CCNC(=NCCc1ccc(OC)c(OC)c1)NC1CCN(C(=O)OCC)CC1. The summed E-state index contributed by atoms with van der Waals surface area (Å²) in [6.45, 7) is 7.13. The highest BCUT2D eigenvalue weighted by atomic mass is 16.6. The molecule has 162 valence electrons. The molecule has 0 spiro atoms. The third-order valence-electron chi connectivity index (χ3n) is 4.82. The Balaban J connectivity index is 1.86. The zero-order valence-corrected chi connectivity index (χ0v) is 18.0. The van der Waals surface area contributed by atoms with Gasteiger partial charge in [0.1, 0.15) is 0 Å². The van der Waals surface area contributed by atoms with Gasteiger partial charge in [-0.3, -0.25) is 4.99 Å². The van der Waals surface area contributed by atoms with Crippen molar-refractivity contribution in [1.82, 2.24) is 15.5 Å². The van der Waals surface area contributed by atoms with Gasteiger partial charge in [0.05, 0.1) is 20.8 Å². The van der Waals surface area contributed by atoms with Crippen LogP contribution in [0.3, 0.4) is 0 Å². The molecule has 8 heteroatoms. The van der Waals surface area contributed by atoms with Crippen LogP contribution in [0, 0.1) is 0 Å². The van der Waals surface area contributed by atoms with Gasteiger partial charge < -0.3 is 29.7 Å². The fraction of sp³-hybridized carbons (Fsp3) is 0.619. The molecule has 0 aromatic heterocycles. The summed E-state index contributed by atoms with van der Waals surface area (Å²) in [4.78, 5) is 18.3. The number of aliphatic imine (C=N–C) groups is 1. The minimum Gasteiger partial charge on any atom is -0.493 e. The normalized spacial score (nSPS) is 15.0. The highest BCUT2D eigenvalue weighted by Gasteiger charge is 2.24. The molecule has 2 rings (SSSR count). The molecule has 0 saturated carbocycles.